The van der Waals surface area contributed by atoms with Gasteiger partial charge in [0.1, 0.15) is 5.69 Å². The van der Waals surface area contributed by atoms with Crippen molar-refractivity contribution in [1.82, 2.24) is 14.5 Å². The number of benzene rings is 1. The van der Waals surface area contributed by atoms with Crippen LogP contribution in [0.3, 0.4) is 0 Å². The molecule has 0 spiro atoms. The Bertz CT molecular complexity index is 903. The number of hydrogen-bond acceptors (Lipinski definition) is 4. The van der Waals surface area contributed by atoms with Gasteiger partial charge in [-0.15, -0.1) is 0 Å². The van der Waals surface area contributed by atoms with Gasteiger partial charge in [-0.2, -0.15) is 0 Å². The summed E-state index contributed by atoms with van der Waals surface area (Å²) in [6, 6.07) is 8.84. The lowest BCUT2D eigenvalue weighted by Gasteiger charge is -2.10. The van der Waals surface area contributed by atoms with E-state index in [0.29, 0.717) is 22.0 Å². The molecule has 7 heteroatoms. The molecule has 0 radical (unpaired) electrons. The highest BCUT2D eigenvalue weighted by atomic mass is 35.5. The summed E-state index contributed by atoms with van der Waals surface area (Å²) in [5.74, 6) is -0.382. The first kappa shape index (κ1) is 15.1. The van der Waals surface area contributed by atoms with Gasteiger partial charge in [0.05, 0.1) is 11.4 Å². The van der Waals surface area contributed by atoms with Crippen molar-refractivity contribution in [2.45, 2.75) is 6.92 Å². The van der Waals surface area contributed by atoms with Crippen molar-refractivity contribution in [3.05, 3.63) is 59.0 Å². The summed E-state index contributed by atoms with van der Waals surface area (Å²) in [5, 5.41) is 0.572. The summed E-state index contributed by atoms with van der Waals surface area (Å²) >= 11 is 6.08. The van der Waals surface area contributed by atoms with Crippen molar-refractivity contribution in [3.63, 3.8) is 0 Å². The Morgan fingerprint density at radius 2 is 2.04 bits per heavy atom. The molecular formula is C16H14ClN5O. The number of hydrogen-bond donors (Lipinski definition) is 2. The van der Waals surface area contributed by atoms with E-state index < -0.39 is 5.91 Å². The Labute approximate surface area is 137 Å². The van der Waals surface area contributed by atoms with E-state index in [1.807, 2.05) is 13.0 Å². The van der Waals surface area contributed by atoms with Gasteiger partial charge >= 0.3 is 0 Å². The standard InChI is InChI=1S/C16H14ClN5O/c1-9-2-3-11(17)7-13(9)22-8-10(6-14(22)15(18)23)12-4-5-20-16(19)21-12/h2-8H,1H3,(H2,18,23)(H2,19,20,21). The number of nitrogen functional groups attached to an aromatic ring is 1. The largest absolute Gasteiger partial charge is 0.368 e. The van der Waals surface area contributed by atoms with Gasteiger partial charge in [0.25, 0.3) is 5.91 Å². The van der Waals surface area contributed by atoms with Gasteiger partial charge < -0.3 is 16.0 Å². The molecule has 1 aromatic carbocycles. The van der Waals surface area contributed by atoms with E-state index in [2.05, 4.69) is 9.97 Å². The van der Waals surface area contributed by atoms with Crippen molar-refractivity contribution < 1.29 is 4.79 Å². The maximum atomic E-state index is 11.8. The topological polar surface area (TPSA) is 99.8 Å². The van der Waals surface area contributed by atoms with E-state index in [-0.39, 0.29) is 5.95 Å². The van der Waals surface area contributed by atoms with Crippen LogP contribution in [0.15, 0.2) is 42.7 Å². The summed E-state index contributed by atoms with van der Waals surface area (Å²) < 4.78 is 1.71. The fourth-order valence-corrected chi connectivity index (χ4v) is 2.53. The molecule has 0 fully saturated rings. The van der Waals surface area contributed by atoms with E-state index in [1.54, 1.807) is 41.2 Å². The van der Waals surface area contributed by atoms with Gasteiger partial charge in [-0.25, -0.2) is 9.97 Å². The number of rotatable bonds is 3. The third-order valence-corrected chi connectivity index (χ3v) is 3.71. The predicted octanol–water partition coefficient (Wildman–Crippen LogP) is 2.58. The van der Waals surface area contributed by atoms with Crippen molar-refractivity contribution in [2.24, 2.45) is 5.73 Å². The maximum Gasteiger partial charge on any atom is 0.265 e. The molecule has 0 atom stereocenters. The molecule has 0 saturated carbocycles. The highest BCUT2D eigenvalue weighted by Gasteiger charge is 2.16. The molecule has 3 rings (SSSR count). The predicted molar refractivity (Wildman–Crippen MR) is 89.5 cm³/mol. The number of primary amides is 1. The molecule has 116 valence electrons. The molecule has 1 amide bonds. The van der Waals surface area contributed by atoms with Crippen LogP contribution in [0.25, 0.3) is 16.9 Å². The van der Waals surface area contributed by atoms with Crippen LogP contribution in [-0.4, -0.2) is 20.4 Å². The third kappa shape index (κ3) is 2.89. The van der Waals surface area contributed by atoms with Gasteiger partial charge in [-0.3, -0.25) is 4.79 Å². The molecule has 0 saturated heterocycles. The molecule has 23 heavy (non-hydrogen) atoms. The molecule has 0 aliphatic rings. The Hall–Kier alpha value is -2.86. The van der Waals surface area contributed by atoms with Crippen LogP contribution in [0.1, 0.15) is 16.1 Å². The minimum Gasteiger partial charge on any atom is -0.368 e. The number of amides is 1. The van der Waals surface area contributed by atoms with Crippen LogP contribution in [0.2, 0.25) is 5.02 Å². The quantitative estimate of drug-likeness (QED) is 0.772. The zero-order valence-corrected chi connectivity index (χ0v) is 13.1. The highest BCUT2D eigenvalue weighted by molar-refractivity contribution is 6.30. The molecule has 0 unspecified atom stereocenters. The highest BCUT2D eigenvalue weighted by Crippen LogP contribution is 2.26. The average molecular weight is 328 g/mol. The number of nitrogens with zero attached hydrogens (tertiary/aromatic N) is 3. The Morgan fingerprint density at radius 1 is 1.26 bits per heavy atom. The van der Waals surface area contributed by atoms with Gasteiger partial charge in [-0.1, -0.05) is 17.7 Å². The van der Waals surface area contributed by atoms with Gasteiger partial charge in [-0.05, 0) is 36.8 Å². The van der Waals surface area contributed by atoms with Crippen molar-refractivity contribution in [3.8, 4) is 16.9 Å². The molecule has 0 aliphatic carbocycles. The van der Waals surface area contributed by atoms with Crippen LogP contribution < -0.4 is 11.5 Å². The number of aromatic nitrogens is 3. The fourth-order valence-electron chi connectivity index (χ4n) is 2.37. The summed E-state index contributed by atoms with van der Waals surface area (Å²) in [6.45, 7) is 1.93. The zero-order valence-electron chi connectivity index (χ0n) is 12.3. The summed E-state index contributed by atoms with van der Waals surface area (Å²) in [7, 11) is 0. The van der Waals surface area contributed by atoms with E-state index in [9.17, 15) is 4.79 Å². The molecule has 2 aromatic heterocycles. The van der Waals surface area contributed by atoms with Crippen LogP contribution >= 0.6 is 11.6 Å². The second kappa shape index (κ2) is 5.73. The van der Waals surface area contributed by atoms with E-state index >= 15 is 0 Å². The molecule has 0 bridgehead atoms. The first-order valence-corrected chi connectivity index (χ1v) is 7.21. The summed E-state index contributed by atoms with van der Waals surface area (Å²) in [4.78, 5) is 19.8. The van der Waals surface area contributed by atoms with E-state index in [4.69, 9.17) is 23.1 Å². The molecule has 0 aliphatic heterocycles. The van der Waals surface area contributed by atoms with Crippen LogP contribution in [0.5, 0.6) is 0 Å². The van der Waals surface area contributed by atoms with Crippen molar-refractivity contribution in [1.29, 1.82) is 0 Å². The number of nitrogens with two attached hydrogens (primary N) is 2. The van der Waals surface area contributed by atoms with Gasteiger partial charge in [0.15, 0.2) is 0 Å². The third-order valence-electron chi connectivity index (χ3n) is 3.47. The van der Waals surface area contributed by atoms with Gasteiger partial charge in [0, 0.05) is 23.0 Å². The number of carbonyl (C=O) groups is 1. The lowest BCUT2D eigenvalue weighted by molar-refractivity contribution is 0.0994. The number of carbonyl (C=O) groups excluding carboxylic acids is 1. The van der Waals surface area contributed by atoms with Crippen LogP contribution in [0, 0.1) is 6.92 Å². The lowest BCUT2D eigenvalue weighted by Crippen LogP contribution is -2.16. The second-order valence-corrected chi connectivity index (χ2v) is 5.52. The molecule has 4 N–H and O–H groups in total. The summed E-state index contributed by atoms with van der Waals surface area (Å²) in [6.07, 6.45) is 3.34. The molecular weight excluding hydrogens is 314 g/mol. The number of anilines is 1. The maximum absolute atomic E-state index is 11.8. The SMILES string of the molecule is Cc1ccc(Cl)cc1-n1cc(-c2ccnc(N)n2)cc1C(N)=O. The zero-order chi connectivity index (χ0) is 16.6. The minimum atomic E-state index is -0.544. The smallest absolute Gasteiger partial charge is 0.265 e. The fraction of sp³-hybridized carbons (Fsp3) is 0.0625. The summed E-state index contributed by atoms with van der Waals surface area (Å²) in [5.41, 5.74) is 14.5. The Kier molecular flexibility index (Phi) is 3.75. The Balaban J connectivity index is 2.21. The van der Waals surface area contributed by atoms with E-state index in [0.717, 1.165) is 11.3 Å². The first-order chi connectivity index (χ1) is 11.0. The molecule has 6 nitrogen and oxygen atoms in total. The van der Waals surface area contributed by atoms with Crippen LogP contribution in [-0.2, 0) is 0 Å². The van der Waals surface area contributed by atoms with Crippen molar-refractivity contribution in [2.75, 3.05) is 5.73 Å². The Morgan fingerprint density at radius 3 is 2.74 bits per heavy atom. The average Bonchev–Trinajstić information content (AvgIpc) is 2.95. The second-order valence-electron chi connectivity index (χ2n) is 5.08. The monoisotopic (exact) mass is 327 g/mol. The number of aryl methyl sites for hydroxylation is 1. The van der Waals surface area contributed by atoms with Crippen molar-refractivity contribution >= 4 is 23.5 Å². The number of halogens is 1. The molecule has 3 aromatic rings. The van der Waals surface area contributed by atoms with E-state index in [1.165, 1.54) is 0 Å². The first-order valence-electron chi connectivity index (χ1n) is 6.83. The normalized spacial score (nSPS) is 10.7. The van der Waals surface area contributed by atoms with Gasteiger partial charge in [0.2, 0.25) is 5.95 Å². The van der Waals surface area contributed by atoms with Crippen LogP contribution in [0.4, 0.5) is 5.95 Å². The lowest BCUT2D eigenvalue weighted by atomic mass is 10.2. The molecule has 2 heterocycles. The minimum absolute atomic E-state index is 0.162.